The molecule has 4 atom stereocenters. The van der Waals surface area contributed by atoms with Gasteiger partial charge in [-0.1, -0.05) is 25.7 Å². The summed E-state index contributed by atoms with van der Waals surface area (Å²) < 4.78 is 0. The van der Waals surface area contributed by atoms with E-state index in [0.717, 1.165) is 38.5 Å². The van der Waals surface area contributed by atoms with Crippen molar-refractivity contribution >= 4 is 11.9 Å². The number of nitrogens with one attached hydrogen (secondary N) is 1. The molecular weight excluding hydrogens is 246 g/mol. The first-order valence-corrected chi connectivity index (χ1v) is 7.31. The smallest absolute Gasteiger partial charge is 0.307 e. The Morgan fingerprint density at radius 1 is 0.895 bits per heavy atom. The van der Waals surface area contributed by atoms with E-state index in [4.69, 9.17) is 0 Å². The second-order valence-electron chi connectivity index (χ2n) is 5.80. The minimum Gasteiger partial charge on any atom is -0.481 e. The van der Waals surface area contributed by atoms with Crippen LogP contribution in [0.3, 0.4) is 0 Å². The first kappa shape index (κ1) is 14.3. The van der Waals surface area contributed by atoms with Crippen molar-refractivity contribution in [3.63, 3.8) is 0 Å². The average Bonchev–Trinajstić information content (AvgIpc) is 2.41. The molecule has 2 aliphatic rings. The number of carbonyl (C=O) groups is 2. The highest BCUT2D eigenvalue weighted by Gasteiger charge is 2.37. The number of aliphatic hydroxyl groups excluding tert-OH is 1. The normalized spacial score (nSPS) is 35.6. The van der Waals surface area contributed by atoms with E-state index in [0.29, 0.717) is 12.8 Å². The van der Waals surface area contributed by atoms with Crippen LogP contribution in [0.1, 0.15) is 51.4 Å². The van der Waals surface area contributed by atoms with Gasteiger partial charge in [0.1, 0.15) is 0 Å². The quantitative estimate of drug-likeness (QED) is 0.720. The highest BCUT2D eigenvalue weighted by molar-refractivity contribution is 5.85. The lowest BCUT2D eigenvalue weighted by atomic mass is 9.78. The maximum absolute atomic E-state index is 12.2. The fourth-order valence-electron chi connectivity index (χ4n) is 3.31. The number of carboxylic acid groups (broad SMARTS) is 1. The molecule has 0 saturated heterocycles. The number of hydrogen-bond donors (Lipinski definition) is 3. The van der Waals surface area contributed by atoms with Crippen LogP contribution in [0, 0.1) is 11.8 Å². The summed E-state index contributed by atoms with van der Waals surface area (Å²) in [4.78, 5) is 23.4. The molecule has 2 aliphatic carbocycles. The lowest BCUT2D eigenvalue weighted by Gasteiger charge is -2.32. The molecule has 0 aromatic heterocycles. The molecule has 2 rings (SSSR count). The van der Waals surface area contributed by atoms with Gasteiger partial charge in [0.05, 0.1) is 24.0 Å². The van der Waals surface area contributed by atoms with E-state index < -0.39 is 23.9 Å². The predicted octanol–water partition coefficient (Wildman–Crippen LogP) is 1.30. The van der Waals surface area contributed by atoms with Gasteiger partial charge < -0.3 is 15.5 Å². The van der Waals surface area contributed by atoms with E-state index in [1.165, 1.54) is 0 Å². The Morgan fingerprint density at radius 2 is 1.47 bits per heavy atom. The highest BCUT2D eigenvalue weighted by Crippen LogP contribution is 2.31. The van der Waals surface area contributed by atoms with Crippen LogP contribution in [-0.2, 0) is 9.59 Å². The molecule has 3 N–H and O–H groups in total. The lowest BCUT2D eigenvalue weighted by Crippen LogP contribution is -2.49. The van der Waals surface area contributed by atoms with Gasteiger partial charge in [-0.2, -0.15) is 0 Å². The predicted molar refractivity (Wildman–Crippen MR) is 69.5 cm³/mol. The fourth-order valence-corrected chi connectivity index (χ4v) is 3.31. The Balaban J connectivity index is 1.95. The molecule has 108 valence electrons. The Kier molecular flexibility index (Phi) is 4.80. The molecule has 0 aromatic rings. The first-order chi connectivity index (χ1) is 9.09. The molecule has 0 heterocycles. The zero-order valence-corrected chi connectivity index (χ0v) is 11.2. The van der Waals surface area contributed by atoms with Crippen LogP contribution in [0.2, 0.25) is 0 Å². The van der Waals surface area contributed by atoms with Crippen molar-refractivity contribution in [3.8, 4) is 0 Å². The van der Waals surface area contributed by atoms with Gasteiger partial charge >= 0.3 is 5.97 Å². The second-order valence-corrected chi connectivity index (χ2v) is 5.80. The first-order valence-electron chi connectivity index (χ1n) is 7.31. The molecule has 2 saturated carbocycles. The summed E-state index contributed by atoms with van der Waals surface area (Å²) in [5.41, 5.74) is 0. The number of carboxylic acids is 1. The zero-order chi connectivity index (χ0) is 13.8. The fraction of sp³-hybridized carbons (Fsp3) is 0.857. The van der Waals surface area contributed by atoms with Crippen molar-refractivity contribution in [2.75, 3.05) is 0 Å². The summed E-state index contributed by atoms with van der Waals surface area (Å²) in [6.45, 7) is 0. The molecule has 0 spiro atoms. The molecular formula is C14H23NO4. The van der Waals surface area contributed by atoms with Gasteiger partial charge in [-0.15, -0.1) is 0 Å². The number of rotatable bonds is 3. The van der Waals surface area contributed by atoms with E-state index in [2.05, 4.69) is 5.32 Å². The summed E-state index contributed by atoms with van der Waals surface area (Å²) in [6.07, 6.45) is 6.05. The molecule has 0 aromatic carbocycles. The van der Waals surface area contributed by atoms with Crippen LogP contribution in [-0.4, -0.2) is 34.2 Å². The molecule has 2 fully saturated rings. The third-order valence-corrected chi connectivity index (χ3v) is 4.48. The maximum atomic E-state index is 12.2. The third-order valence-electron chi connectivity index (χ3n) is 4.48. The van der Waals surface area contributed by atoms with Gasteiger partial charge in [0, 0.05) is 0 Å². The summed E-state index contributed by atoms with van der Waals surface area (Å²) in [5, 5.41) is 21.9. The van der Waals surface area contributed by atoms with E-state index in [1.807, 2.05) is 0 Å². The van der Waals surface area contributed by atoms with Crippen LogP contribution in [0.25, 0.3) is 0 Å². The molecule has 2 unspecified atom stereocenters. The van der Waals surface area contributed by atoms with Crippen LogP contribution in [0.15, 0.2) is 0 Å². The van der Waals surface area contributed by atoms with Crippen LogP contribution >= 0.6 is 0 Å². The summed E-state index contributed by atoms with van der Waals surface area (Å²) in [5.74, 6) is -2.04. The average molecular weight is 269 g/mol. The minimum absolute atomic E-state index is 0.182. The molecule has 0 bridgehead atoms. The highest BCUT2D eigenvalue weighted by atomic mass is 16.4. The molecule has 0 aliphatic heterocycles. The number of aliphatic hydroxyl groups is 1. The Bertz CT molecular complexity index is 344. The van der Waals surface area contributed by atoms with E-state index in [1.54, 1.807) is 0 Å². The van der Waals surface area contributed by atoms with Gasteiger partial charge in [-0.3, -0.25) is 9.59 Å². The Labute approximate surface area is 113 Å². The number of aliphatic carboxylic acids is 1. The van der Waals surface area contributed by atoms with Crippen molar-refractivity contribution in [2.24, 2.45) is 11.8 Å². The largest absolute Gasteiger partial charge is 0.481 e. The molecule has 1 amide bonds. The lowest BCUT2D eigenvalue weighted by molar-refractivity contribution is -0.149. The van der Waals surface area contributed by atoms with Gasteiger partial charge in [-0.25, -0.2) is 0 Å². The second kappa shape index (κ2) is 6.37. The number of amides is 1. The van der Waals surface area contributed by atoms with Gasteiger partial charge in [0.2, 0.25) is 5.91 Å². The Hall–Kier alpha value is -1.10. The van der Waals surface area contributed by atoms with Crippen molar-refractivity contribution in [2.45, 2.75) is 63.5 Å². The van der Waals surface area contributed by atoms with Gasteiger partial charge in [0.25, 0.3) is 0 Å². The summed E-state index contributed by atoms with van der Waals surface area (Å²) in [7, 11) is 0. The van der Waals surface area contributed by atoms with Crippen molar-refractivity contribution in [1.29, 1.82) is 0 Å². The molecule has 5 heteroatoms. The van der Waals surface area contributed by atoms with E-state index in [-0.39, 0.29) is 11.9 Å². The molecule has 0 radical (unpaired) electrons. The zero-order valence-electron chi connectivity index (χ0n) is 11.2. The monoisotopic (exact) mass is 269 g/mol. The molecule has 5 nitrogen and oxygen atoms in total. The third kappa shape index (κ3) is 3.47. The van der Waals surface area contributed by atoms with Crippen molar-refractivity contribution in [1.82, 2.24) is 5.32 Å². The standard InChI is InChI=1S/C14H23NO4/c16-12-8-4-3-7-11(12)15-13(17)9-5-1-2-6-10(9)14(18)19/h9-12,16H,1-8H2,(H,15,17)(H,18,19)/t9-,10+,11?,12?/m1/s1. The van der Waals surface area contributed by atoms with E-state index in [9.17, 15) is 19.8 Å². The minimum atomic E-state index is -0.871. The summed E-state index contributed by atoms with van der Waals surface area (Å²) in [6, 6.07) is -0.197. The van der Waals surface area contributed by atoms with Crippen molar-refractivity contribution in [3.05, 3.63) is 0 Å². The maximum Gasteiger partial charge on any atom is 0.307 e. The summed E-state index contributed by atoms with van der Waals surface area (Å²) >= 11 is 0. The van der Waals surface area contributed by atoms with Crippen LogP contribution in [0.5, 0.6) is 0 Å². The van der Waals surface area contributed by atoms with E-state index >= 15 is 0 Å². The Morgan fingerprint density at radius 3 is 2.11 bits per heavy atom. The SMILES string of the molecule is O=C(O)[C@H]1CCCC[C@H]1C(=O)NC1CCCCC1O. The van der Waals surface area contributed by atoms with Crippen LogP contribution in [0.4, 0.5) is 0 Å². The molecule has 19 heavy (non-hydrogen) atoms. The van der Waals surface area contributed by atoms with Gasteiger partial charge in [-0.05, 0) is 25.7 Å². The van der Waals surface area contributed by atoms with Crippen LogP contribution < -0.4 is 5.32 Å². The topological polar surface area (TPSA) is 86.6 Å². The number of carbonyl (C=O) groups excluding carboxylic acids is 1. The van der Waals surface area contributed by atoms with Crippen molar-refractivity contribution < 1.29 is 19.8 Å². The van der Waals surface area contributed by atoms with Gasteiger partial charge in [0.15, 0.2) is 0 Å². The number of hydrogen-bond acceptors (Lipinski definition) is 3.